The number of nitrogens with zero attached hydrogens (tertiary/aromatic N) is 2. The molecule has 0 spiro atoms. The average molecular weight is 658 g/mol. The molecule has 0 bridgehead atoms. The van der Waals surface area contributed by atoms with E-state index < -0.39 is 72.2 Å². The van der Waals surface area contributed by atoms with Crippen molar-refractivity contribution in [2.45, 2.75) is 102 Å². The number of likely N-dealkylation sites (tertiary alicyclic amines) is 1. The number of aliphatic hydroxyl groups excluding tert-OH is 1. The van der Waals surface area contributed by atoms with Crippen molar-refractivity contribution in [2.75, 3.05) is 19.7 Å². The molecule has 2 aliphatic heterocycles. The first kappa shape index (κ1) is 37.5. The van der Waals surface area contributed by atoms with E-state index in [-0.39, 0.29) is 25.3 Å². The van der Waals surface area contributed by atoms with Gasteiger partial charge in [0.25, 0.3) is 5.91 Å². The maximum Gasteiger partial charge on any atom is 0.252 e. The van der Waals surface area contributed by atoms with Gasteiger partial charge in [-0.2, -0.15) is 0 Å². The van der Waals surface area contributed by atoms with Crippen molar-refractivity contribution in [3.63, 3.8) is 0 Å². The summed E-state index contributed by atoms with van der Waals surface area (Å²) < 4.78 is 13.9. The van der Waals surface area contributed by atoms with Crippen molar-refractivity contribution in [1.82, 2.24) is 25.8 Å². The zero-order valence-corrected chi connectivity index (χ0v) is 27.5. The van der Waals surface area contributed by atoms with Crippen LogP contribution in [0.25, 0.3) is 0 Å². The number of halogens is 1. The summed E-state index contributed by atoms with van der Waals surface area (Å²) in [7, 11) is 0. The molecule has 258 valence electrons. The van der Waals surface area contributed by atoms with Crippen LogP contribution in [0.5, 0.6) is 0 Å². The van der Waals surface area contributed by atoms with Crippen molar-refractivity contribution >= 4 is 35.8 Å². The molecule has 5 amide bonds. The number of benzene rings is 1. The van der Waals surface area contributed by atoms with E-state index >= 15 is 0 Å². The van der Waals surface area contributed by atoms with Gasteiger partial charge in [-0.05, 0) is 75.3 Å². The standard InChI is InChI=1S/C34H48FN5O7/c1-4-5-6-7-13-30(43)37-26(19-24-10-8-11-25(35)18-24)31(44)38-28(21-42)32(45)39-16-9-12-29(39)34(47)40(23(3)20-41)33(46)27-17-22(2)14-15-36-27/h7-8,10-11,13,18,20,22-23,26-29,36,42H,4-6,9,12,14-17,19,21H2,1-3H3,(H,37,43)(H,38,44)/b13-7+/t22?,23-,26-,27?,28-,29-/m0/s1. The van der Waals surface area contributed by atoms with Gasteiger partial charge in [0.05, 0.1) is 18.7 Å². The molecular weight excluding hydrogens is 609 g/mol. The number of aliphatic hydroxyl groups is 1. The van der Waals surface area contributed by atoms with Gasteiger partial charge in [0.15, 0.2) is 0 Å². The van der Waals surface area contributed by atoms with Gasteiger partial charge in [0.2, 0.25) is 23.6 Å². The lowest BCUT2D eigenvalue weighted by Gasteiger charge is -2.36. The third-order valence-corrected chi connectivity index (χ3v) is 8.62. The lowest BCUT2D eigenvalue weighted by molar-refractivity contribution is -0.156. The highest BCUT2D eigenvalue weighted by molar-refractivity contribution is 6.04. The summed E-state index contributed by atoms with van der Waals surface area (Å²) in [5.41, 5.74) is 0.424. The van der Waals surface area contributed by atoms with Crippen LogP contribution in [0.3, 0.4) is 0 Å². The molecule has 4 N–H and O–H groups in total. The highest BCUT2D eigenvalue weighted by atomic mass is 19.1. The van der Waals surface area contributed by atoms with E-state index in [9.17, 15) is 38.3 Å². The van der Waals surface area contributed by atoms with E-state index in [4.69, 9.17) is 0 Å². The molecule has 1 aromatic carbocycles. The number of piperidine rings is 1. The summed E-state index contributed by atoms with van der Waals surface area (Å²) >= 11 is 0. The van der Waals surface area contributed by atoms with Crippen LogP contribution in [0.1, 0.15) is 71.3 Å². The number of allylic oxidation sites excluding steroid dienone is 1. The Morgan fingerprint density at radius 2 is 1.91 bits per heavy atom. The third-order valence-electron chi connectivity index (χ3n) is 8.62. The molecule has 47 heavy (non-hydrogen) atoms. The Morgan fingerprint density at radius 3 is 2.57 bits per heavy atom. The molecule has 0 radical (unpaired) electrons. The Labute approximate surface area is 275 Å². The van der Waals surface area contributed by atoms with Gasteiger partial charge in [-0.1, -0.05) is 44.9 Å². The quantitative estimate of drug-likeness (QED) is 0.0952. The van der Waals surface area contributed by atoms with Crippen LogP contribution in [0.2, 0.25) is 0 Å². The molecular formula is C34H48FN5O7. The third kappa shape index (κ3) is 10.5. The van der Waals surface area contributed by atoms with Crippen LogP contribution in [0.4, 0.5) is 4.39 Å². The van der Waals surface area contributed by atoms with Gasteiger partial charge in [0.1, 0.15) is 30.2 Å². The molecule has 3 rings (SSSR count). The van der Waals surface area contributed by atoms with Crippen LogP contribution in [-0.4, -0.2) is 101 Å². The SMILES string of the molecule is CCCC/C=C/C(=O)N[C@@H](Cc1cccc(F)c1)C(=O)N[C@@H](CO)C(=O)N1CCC[C@H]1C(=O)N(C(=O)C1CC(C)CCN1)[C@@H](C)C=O. The van der Waals surface area contributed by atoms with Gasteiger partial charge in [-0.15, -0.1) is 0 Å². The van der Waals surface area contributed by atoms with Gasteiger partial charge < -0.3 is 30.8 Å². The number of unbranched alkanes of at least 4 members (excludes halogenated alkanes) is 2. The van der Waals surface area contributed by atoms with E-state index in [1.54, 1.807) is 12.1 Å². The van der Waals surface area contributed by atoms with Gasteiger partial charge >= 0.3 is 0 Å². The zero-order chi connectivity index (χ0) is 34.5. The number of hydrogen-bond acceptors (Lipinski definition) is 8. The van der Waals surface area contributed by atoms with Crippen LogP contribution in [0.15, 0.2) is 36.4 Å². The Balaban J connectivity index is 1.78. The van der Waals surface area contributed by atoms with Crippen LogP contribution < -0.4 is 16.0 Å². The van der Waals surface area contributed by atoms with Crippen molar-refractivity contribution in [1.29, 1.82) is 0 Å². The molecule has 0 aliphatic carbocycles. The first-order chi connectivity index (χ1) is 22.5. The van der Waals surface area contributed by atoms with E-state index in [1.165, 1.54) is 36.1 Å². The number of carbonyl (C=O) groups is 6. The summed E-state index contributed by atoms with van der Waals surface area (Å²) in [5, 5.41) is 18.4. The topological polar surface area (TPSA) is 165 Å². The Kier molecular flexibility index (Phi) is 14.7. The fourth-order valence-electron chi connectivity index (χ4n) is 5.98. The van der Waals surface area contributed by atoms with Crippen LogP contribution in [0, 0.1) is 11.7 Å². The van der Waals surface area contributed by atoms with E-state index in [0.717, 1.165) is 24.2 Å². The molecule has 0 saturated carbocycles. The number of imide groups is 1. The minimum Gasteiger partial charge on any atom is -0.394 e. The molecule has 2 saturated heterocycles. The lowest BCUT2D eigenvalue weighted by Crippen LogP contribution is -2.61. The zero-order valence-electron chi connectivity index (χ0n) is 27.5. The first-order valence-electron chi connectivity index (χ1n) is 16.5. The van der Waals surface area contributed by atoms with Gasteiger partial charge in [-0.25, -0.2) is 4.39 Å². The minimum absolute atomic E-state index is 0.0935. The van der Waals surface area contributed by atoms with Crippen molar-refractivity contribution in [3.05, 3.63) is 47.8 Å². The van der Waals surface area contributed by atoms with Crippen molar-refractivity contribution in [3.8, 4) is 0 Å². The Morgan fingerprint density at radius 1 is 1.15 bits per heavy atom. The summed E-state index contributed by atoms with van der Waals surface area (Å²) in [6.07, 6.45) is 7.94. The highest BCUT2D eigenvalue weighted by Crippen LogP contribution is 2.24. The van der Waals surface area contributed by atoms with E-state index in [0.29, 0.717) is 37.7 Å². The number of hydrogen-bond donors (Lipinski definition) is 4. The van der Waals surface area contributed by atoms with Crippen molar-refractivity contribution in [2.24, 2.45) is 5.92 Å². The second-order valence-electron chi connectivity index (χ2n) is 12.4. The summed E-state index contributed by atoms with van der Waals surface area (Å²) in [4.78, 5) is 81.1. The average Bonchev–Trinajstić information content (AvgIpc) is 3.55. The lowest BCUT2D eigenvalue weighted by atomic mass is 9.93. The van der Waals surface area contributed by atoms with Gasteiger partial charge in [0, 0.05) is 13.0 Å². The normalized spacial score (nSPS) is 21.5. The molecule has 2 unspecified atom stereocenters. The largest absolute Gasteiger partial charge is 0.394 e. The molecule has 6 atom stereocenters. The number of nitrogens with one attached hydrogen (secondary N) is 3. The minimum atomic E-state index is -1.48. The molecule has 12 nitrogen and oxygen atoms in total. The summed E-state index contributed by atoms with van der Waals surface area (Å²) in [5.74, 6) is -3.59. The van der Waals surface area contributed by atoms with E-state index in [2.05, 4.69) is 16.0 Å². The van der Waals surface area contributed by atoms with Crippen LogP contribution in [-0.2, 0) is 35.2 Å². The predicted octanol–water partition coefficient (Wildman–Crippen LogP) is 1.40. The maximum absolute atomic E-state index is 13.9. The highest BCUT2D eigenvalue weighted by Gasteiger charge is 2.44. The van der Waals surface area contributed by atoms with Crippen LogP contribution >= 0.6 is 0 Å². The first-order valence-corrected chi connectivity index (χ1v) is 16.5. The van der Waals surface area contributed by atoms with Gasteiger partial charge in [-0.3, -0.25) is 28.9 Å². The predicted molar refractivity (Wildman–Crippen MR) is 172 cm³/mol. The molecule has 0 aromatic heterocycles. The number of aldehydes is 1. The fraction of sp³-hybridized carbons (Fsp3) is 0.588. The van der Waals surface area contributed by atoms with Crippen molar-refractivity contribution < 1.29 is 38.3 Å². The number of carbonyl (C=O) groups excluding carboxylic acids is 6. The molecule has 2 aliphatic rings. The Hall–Kier alpha value is -3.97. The second-order valence-corrected chi connectivity index (χ2v) is 12.4. The number of amides is 5. The monoisotopic (exact) mass is 657 g/mol. The molecule has 2 fully saturated rings. The molecule has 2 heterocycles. The Bertz CT molecular complexity index is 1310. The second kappa shape index (κ2) is 18.4. The molecule has 13 heteroatoms. The smallest absolute Gasteiger partial charge is 0.252 e. The summed E-state index contributed by atoms with van der Waals surface area (Å²) in [6.45, 7) is 5.38. The maximum atomic E-state index is 13.9. The van der Waals surface area contributed by atoms with E-state index in [1.807, 2.05) is 13.8 Å². The number of rotatable bonds is 15. The fourth-order valence-corrected chi connectivity index (χ4v) is 5.98. The summed E-state index contributed by atoms with van der Waals surface area (Å²) in [6, 6.07) is 0.0570. The molecule has 1 aromatic rings.